The number of ether oxygens (including phenoxy) is 2. The molecule has 0 N–H and O–H groups in total. The van der Waals surface area contributed by atoms with E-state index in [4.69, 9.17) is 26.2 Å². The summed E-state index contributed by atoms with van der Waals surface area (Å²) in [5.74, 6) is 1.19. The Morgan fingerprint density at radius 3 is 2.21 bits per heavy atom. The van der Waals surface area contributed by atoms with Crippen LogP contribution in [0.2, 0.25) is 5.02 Å². The van der Waals surface area contributed by atoms with Crippen LogP contribution in [0.15, 0.2) is 88.4 Å². The van der Waals surface area contributed by atoms with Crippen molar-refractivity contribution in [2.75, 3.05) is 20.8 Å². The van der Waals surface area contributed by atoms with E-state index in [1.165, 1.54) is 16.4 Å². The first kappa shape index (κ1) is 29.4. The summed E-state index contributed by atoms with van der Waals surface area (Å²) in [6, 6.07) is 20.5. The lowest BCUT2D eigenvalue weighted by Gasteiger charge is -2.32. The summed E-state index contributed by atoms with van der Waals surface area (Å²) in [6.45, 7) is 0.269. The predicted molar refractivity (Wildman–Crippen MR) is 167 cm³/mol. The Kier molecular flexibility index (Phi) is 8.31. The molecule has 3 aromatic rings. The van der Waals surface area contributed by atoms with E-state index < -0.39 is 16.1 Å². The van der Waals surface area contributed by atoms with Gasteiger partial charge in [0.15, 0.2) is 0 Å². The second-order valence-electron chi connectivity index (χ2n) is 11.1. The van der Waals surface area contributed by atoms with Crippen molar-refractivity contribution in [3.05, 3.63) is 94.5 Å². The summed E-state index contributed by atoms with van der Waals surface area (Å²) in [5, 5.41) is 7.02. The summed E-state index contributed by atoms with van der Waals surface area (Å²) in [7, 11) is -0.651. The fraction of sp³-hybridized carbons (Fsp3) is 0.333. The number of amides is 1. The number of rotatable bonds is 7. The molecule has 224 valence electrons. The zero-order valence-corrected chi connectivity index (χ0v) is 25.7. The van der Waals surface area contributed by atoms with Gasteiger partial charge >= 0.3 is 0 Å². The number of carbonyl (C=O) groups excluding carboxylic acids is 1. The highest BCUT2D eigenvalue weighted by Crippen LogP contribution is 2.45. The molecule has 0 radical (unpaired) electrons. The Hall–Kier alpha value is -3.66. The summed E-state index contributed by atoms with van der Waals surface area (Å²) in [4.78, 5) is 14.5. The van der Waals surface area contributed by atoms with Gasteiger partial charge in [-0.2, -0.15) is 9.41 Å². The number of halogens is 1. The van der Waals surface area contributed by atoms with Gasteiger partial charge in [0, 0.05) is 17.5 Å². The Bertz CT molecular complexity index is 1650. The molecule has 3 atom stereocenters. The standard InChI is InChI=1S/C33H34ClN3O5S/c1-41-26-14-8-22(9-15-26)21-24-5-3-6-29-31(24)35-37(32(29)23-10-16-27(42-2)17-11-23)33(38)30-7-4-20-36(30)43(39,40)28-18-12-25(34)13-19-28/h8-19,21,29-30,32H,3-7,20H2,1-2H3/b24-21+/t29-,30-,32+/m1/s1. The van der Waals surface area contributed by atoms with E-state index in [0.717, 1.165) is 53.2 Å². The molecule has 2 heterocycles. The minimum atomic E-state index is -3.91. The molecule has 1 amide bonds. The van der Waals surface area contributed by atoms with Crippen molar-refractivity contribution in [1.29, 1.82) is 0 Å². The Balaban J connectivity index is 1.38. The average Bonchev–Trinajstić information content (AvgIpc) is 3.68. The maximum Gasteiger partial charge on any atom is 0.261 e. The van der Waals surface area contributed by atoms with Crippen LogP contribution in [0.25, 0.3) is 6.08 Å². The number of sulfonamides is 1. The molecule has 0 aromatic heterocycles. The van der Waals surface area contributed by atoms with Gasteiger partial charge in [0.1, 0.15) is 17.5 Å². The number of carbonyl (C=O) groups is 1. The highest BCUT2D eigenvalue weighted by molar-refractivity contribution is 7.89. The van der Waals surface area contributed by atoms with Gasteiger partial charge in [-0.05, 0) is 103 Å². The van der Waals surface area contributed by atoms with E-state index in [9.17, 15) is 13.2 Å². The molecule has 1 aliphatic carbocycles. The van der Waals surface area contributed by atoms with Crippen molar-refractivity contribution >= 4 is 39.3 Å². The molecule has 3 aliphatic rings. The third-order valence-electron chi connectivity index (χ3n) is 8.55. The molecular weight excluding hydrogens is 586 g/mol. The zero-order chi connectivity index (χ0) is 30.1. The Labute approximate surface area is 257 Å². The van der Waals surface area contributed by atoms with E-state index in [2.05, 4.69) is 6.08 Å². The summed E-state index contributed by atoms with van der Waals surface area (Å²) < 4.78 is 39.4. The quantitative estimate of drug-likeness (QED) is 0.308. The third kappa shape index (κ3) is 5.69. The maximum atomic E-state index is 14.4. The number of hydrazone groups is 1. The summed E-state index contributed by atoms with van der Waals surface area (Å²) in [5.41, 5.74) is 3.95. The molecule has 0 unspecified atom stereocenters. The van der Waals surface area contributed by atoms with Crippen molar-refractivity contribution in [1.82, 2.24) is 9.31 Å². The maximum absolute atomic E-state index is 14.4. The number of methoxy groups -OCH3 is 2. The van der Waals surface area contributed by atoms with Crippen LogP contribution in [-0.2, 0) is 14.8 Å². The van der Waals surface area contributed by atoms with Gasteiger partial charge in [-0.3, -0.25) is 4.79 Å². The molecule has 1 saturated carbocycles. The minimum absolute atomic E-state index is 0.0154. The molecule has 8 nitrogen and oxygen atoms in total. The normalized spacial score (nSPS) is 23.2. The number of hydrogen-bond acceptors (Lipinski definition) is 6. The van der Waals surface area contributed by atoms with Crippen LogP contribution in [0.5, 0.6) is 11.5 Å². The van der Waals surface area contributed by atoms with Crippen molar-refractivity contribution in [3.63, 3.8) is 0 Å². The molecule has 3 aromatic carbocycles. The van der Waals surface area contributed by atoms with Gasteiger partial charge in [0.25, 0.3) is 5.91 Å². The predicted octanol–water partition coefficient (Wildman–Crippen LogP) is 6.33. The van der Waals surface area contributed by atoms with Crippen LogP contribution < -0.4 is 9.47 Å². The molecule has 6 rings (SSSR count). The van der Waals surface area contributed by atoms with Crippen molar-refractivity contribution in [2.24, 2.45) is 11.0 Å². The zero-order valence-electron chi connectivity index (χ0n) is 24.1. The summed E-state index contributed by atoms with van der Waals surface area (Å²) >= 11 is 6.01. The van der Waals surface area contributed by atoms with E-state index >= 15 is 0 Å². The van der Waals surface area contributed by atoms with E-state index in [0.29, 0.717) is 17.9 Å². The number of nitrogens with zero attached hydrogens (tertiary/aromatic N) is 3. The molecule has 43 heavy (non-hydrogen) atoms. The lowest BCUT2D eigenvalue weighted by molar-refractivity contribution is -0.137. The topological polar surface area (TPSA) is 88.5 Å². The van der Waals surface area contributed by atoms with Crippen LogP contribution in [0.3, 0.4) is 0 Å². The molecule has 2 fully saturated rings. The van der Waals surface area contributed by atoms with Gasteiger partial charge in [-0.1, -0.05) is 35.9 Å². The lowest BCUT2D eigenvalue weighted by atomic mass is 9.77. The van der Waals surface area contributed by atoms with Crippen LogP contribution in [0, 0.1) is 5.92 Å². The van der Waals surface area contributed by atoms with Gasteiger partial charge in [-0.25, -0.2) is 13.4 Å². The highest BCUT2D eigenvalue weighted by atomic mass is 35.5. The molecule has 0 bridgehead atoms. The highest BCUT2D eigenvalue weighted by Gasteiger charge is 2.48. The fourth-order valence-electron chi connectivity index (χ4n) is 6.39. The molecule has 2 aliphatic heterocycles. The van der Waals surface area contributed by atoms with Crippen molar-refractivity contribution in [3.8, 4) is 11.5 Å². The number of benzene rings is 3. The molecule has 0 spiro atoms. The summed E-state index contributed by atoms with van der Waals surface area (Å²) in [6.07, 6.45) is 5.83. The Morgan fingerprint density at radius 2 is 1.56 bits per heavy atom. The van der Waals surface area contributed by atoms with Gasteiger partial charge in [0.05, 0.1) is 30.9 Å². The van der Waals surface area contributed by atoms with Crippen LogP contribution >= 0.6 is 11.6 Å². The van der Waals surface area contributed by atoms with Crippen LogP contribution in [-0.4, -0.2) is 56.2 Å². The van der Waals surface area contributed by atoms with Gasteiger partial charge in [-0.15, -0.1) is 0 Å². The van der Waals surface area contributed by atoms with Crippen molar-refractivity contribution in [2.45, 2.75) is 49.1 Å². The first-order valence-corrected chi connectivity index (χ1v) is 16.3. The first-order valence-electron chi connectivity index (χ1n) is 14.5. The molecular formula is C33H34ClN3O5S. The SMILES string of the molecule is COc1ccc(/C=C2\CCC[C@@H]3C2=NN(C(=O)[C@H]2CCCN2S(=O)(=O)c2ccc(Cl)cc2)[C@H]3c2ccc(OC)cc2)cc1. The molecule has 10 heteroatoms. The Morgan fingerprint density at radius 1 is 0.907 bits per heavy atom. The smallest absolute Gasteiger partial charge is 0.261 e. The fourth-order valence-corrected chi connectivity index (χ4v) is 8.16. The largest absolute Gasteiger partial charge is 0.497 e. The van der Waals surface area contributed by atoms with E-state index in [1.54, 1.807) is 31.4 Å². The van der Waals surface area contributed by atoms with Crippen LogP contribution in [0.4, 0.5) is 0 Å². The van der Waals surface area contributed by atoms with E-state index in [-0.39, 0.29) is 29.3 Å². The monoisotopic (exact) mass is 619 g/mol. The number of hydrogen-bond donors (Lipinski definition) is 0. The first-order chi connectivity index (χ1) is 20.8. The second-order valence-corrected chi connectivity index (χ2v) is 13.4. The minimum Gasteiger partial charge on any atom is -0.497 e. The number of allylic oxidation sites excluding steroid dienone is 1. The second kappa shape index (κ2) is 12.1. The van der Waals surface area contributed by atoms with Gasteiger partial charge < -0.3 is 9.47 Å². The van der Waals surface area contributed by atoms with Crippen LogP contribution in [0.1, 0.15) is 49.3 Å². The van der Waals surface area contributed by atoms with E-state index in [1.807, 2.05) is 48.5 Å². The van der Waals surface area contributed by atoms with Gasteiger partial charge in [0.2, 0.25) is 10.0 Å². The molecule has 1 saturated heterocycles. The third-order valence-corrected chi connectivity index (χ3v) is 10.7. The lowest BCUT2D eigenvalue weighted by Crippen LogP contribution is -2.46. The van der Waals surface area contributed by atoms with Crippen molar-refractivity contribution < 1.29 is 22.7 Å². The number of fused-ring (bicyclic) bond motifs is 1. The average molecular weight is 620 g/mol.